The third-order valence-electron chi connectivity index (χ3n) is 3.06. The number of methoxy groups -OCH3 is 2. The normalized spacial score (nSPS) is 10.7. The monoisotopic (exact) mass is 364 g/mol. The molecule has 0 unspecified atom stereocenters. The van der Waals surface area contributed by atoms with Crippen molar-refractivity contribution >= 4 is 32.8 Å². The summed E-state index contributed by atoms with van der Waals surface area (Å²) in [6, 6.07) is 6.56. The van der Waals surface area contributed by atoms with Crippen molar-refractivity contribution in [2.24, 2.45) is 0 Å². The maximum Gasteiger partial charge on any atom is 1.00 e. The van der Waals surface area contributed by atoms with Crippen molar-refractivity contribution in [1.29, 1.82) is 0 Å². The fourth-order valence-corrected chi connectivity index (χ4v) is 2.64. The van der Waals surface area contributed by atoms with E-state index in [1.807, 2.05) is 0 Å². The molecule has 1 N–H and O–H groups in total. The van der Waals surface area contributed by atoms with E-state index in [0.717, 1.165) is 19.2 Å². The molecule has 0 aliphatic carbocycles. The van der Waals surface area contributed by atoms with Gasteiger partial charge in [0.25, 0.3) is 10.1 Å². The van der Waals surface area contributed by atoms with Crippen molar-refractivity contribution in [2.75, 3.05) is 14.2 Å². The third kappa shape index (κ3) is 4.18. The van der Waals surface area contributed by atoms with Crippen LogP contribution < -0.4 is 51.4 Å². The largest absolute Gasteiger partial charge is 1.00 e. The average molecular weight is 364 g/mol. The SMILES string of the molecule is COC(=O)c1cccc2cc(S(=O)(=O)O)cc(C(=O)OC)c12.[H-].[K+]. The Kier molecular flexibility index (Phi) is 6.90. The van der Waals surface area contributed by atoms with E-state index >= 15 is 0 Å². The van der Waals surface area contributed by atoms with Crippen molar-refractivity contribution in [3.63, 3.8) is 0 Å². The molecule has 2 aromatic rings. The van der Waals surface area contributed by atoms with E-state index < -0.39 is 27.0 Å². The van der Waals surface area contributed by atoms with Gasteiger partial charge < -0.3 is 10.9 Å². The minimum Gasteiger partial charge on any atom is -1.00 e. The molecular formula is C14H13KO7S. The second-order valence-corrected chi connectivity index (χ2v) is 5.75. The van der Waals surface area contributed by atoms with Crippen LogP contribution in [0.4, 0.5) is 0 Å². The quantitative estimate of drug-likeness (QED) is 0.413. The Labute approximate surface area is 176 Å². The molecule has 0 spiro atoms. The summed E-state index contributed by atoms with van der Waals surface area (Å²) in [5.41, 5.74) is -0.0732. The summed E-state index contributed by atoms with van der Waals surface area (Å²) in [6.07, 6.45) is 0. The number of esters is 2. The fourth-order valence-electron chi connectivity index (χ4n) is 2.10. The number of benzene rings is 2. The number of hydrogen-bond donors (Lipinski definition) is 1. The van der Waals surface area contributed by atoms with Crippen molar-refractivity contribution in [3.05, 3.63) is 41.5 Å². The van der Waals surface area contributed by atoms with Crippen molar-refractivity contribution < 1.29 is 84.8 Å². The first-order chi connectivity index (χ1) is 10.3. The van der Waals surface area contributed by atoms with Crippen molar-refractivity contribution in [3.8, 4) is 0 Å². The minimum absolute atomic E-state index is 0. The second-order valence-electron chi connectivity index (χ2n) is 4.33. The molecule has 0 aliphatic rings. The maximum atomic E-state index is 11.9. The van der Waals surface area contributed by atoms with Gasteiger partial charge in [-0.3, -0.25) is 4.55 Å². The predicted octanol–water partition coefficient (Wildman–Crippen LogP) is -1.22. The van der Waals surface area contributed by atoms with Crippen molar-refractivity contribution in [2.45, 2.75) is 4.90 Å². The van der Waals surface area contributed by atoms with Crippen molar-refractivity contribution in [1.82, 2.24) is 0 Å². The molecule has 0 radical (unpaired) electrons. The van der Waals surface area contributed by atoms with Gasteiger partial charge in [-0.2, -0.15) is 8.42 Å². The van der Waals surface area contributed by atoms with Gasteiger partial charge in [0.15, 0.2) is 0 Å². The van der Waals surface area contributed by atoms with E-state index in [1.54, 1.807) is 0 Å². The van der Waals surface area contributed by atoms with E-state index in [2.05, 4.69) is 9.47 Å². The Morgan fingerprint density at radius 1 is 1.04 bits per heavy atom. The van der Waals surface area contributed by atoms with Crippen LogP contribution in [0.3, 0.4) is 0 Å². The molecule has 0 atom stereocenters. The van der Waals surface area contributed by atoms with Gasteiger partial charge in [0.1, 0.15) is 0 Å². The summed E-state index contributed by atoms with van der Waals surface area (Å²) in [6.45, 7) is 0. The topological polar surface area (TPSA) is 107 Å². The maximum absolute atomic E-state index is 11.9. The molecule has 0 bridgehead atoms. The zero-order valence-corrected chi connectivity index (χ0v) is 16.6. The molecule has 2 aromatic carbocycles. The second kappa shape index (κ2) is 7.84. The van der Waals surface area contributed by atoms with Crippen LogP contribution in [-0.4, -0.2) is 39.1 Å². The molecular weight excluding hydrogens is 351 g/mol. The van der Waals surface area contributed by atoms with E-state index in [9.17, 15) is 22.6 Å². The van der Waals surface area contributed by atoms with Crippen LogP contribution in [-0.2, 0) is 19.6 Å². The summed E-state index contributed by atoms with van der Waals surface area (Å²) in [7, 11) is -2.22. The number of fused-ring (bicyclic) bond motifs is 1. The molecule has 0 heterocycles. The van der Waals surface area contributed by atoms with Crippen LogP contribution in [0.25, 0.3) is 10.8 Å². The molecule has 0 amide bonds. The van der Waals surface area contributed by atoms with E-state index in [-0.39, 0.29) is 74.7 Å². The van der Waals surface area contributed by atoms with Gasteiger partial charge in [-0.15, -0.1) is 0 Å². The zero-order chi connectivity index (χ0) is 16.5. The van der Waals surface area contributed by atoms with Crippen LogP contribution in [0, 0.1) is 0 Å². The van der Waals surface area contributed by atoms with Crippen LogP contribution in [0.1, 0.15) is 22.1 Å². The number of hydrogen-bond acceptors (Lipinski definition) is 6. The van der Waals surface area contributed by atoms with E-state index in [1.165, 1.54) is 25.3 Å². The van der Waals surface area contributed by atoms with E-state index in [0.29, 0.717) is 0 Å². The first-order valence-corrected chi connectivity index (χ1v) is 7.44. The van der Waals surface area contributed by atoms with Gasteiger partial charge in [0, 0.05) is 5.39 Å². The van der Waals surface area contributed by atoms with Crippen LogP contribution in [0.2, 0.25) is 0 Å². The summed E-state index contributed by atoms with van der Waals surface area (Å²) in [4.78, 5) is 23.3. The summed E-state index contributed by atoms with van der Waals surface area (Å²) < 4.78 is 41.1. The fraction of sp³-hybridized carbons (Fsp3) is 0.143. The summed E-state index contributed by atoms with van der Waals surface area (Å²) in [5, 5.41) is 0.465. The Morgan fingerprint density at radius 3 is 2.13 bits per heavy atom. The molecule has 0 saturated carbocycles. The summed E-state index contributed by atoms with van der Waals surface area (Å²) in [5.74, 6) is -1.53. The van der Waals surface area contributed by atoms with Crippen LogP contribution in [0.15, 0.2) is 35.2 Å². The standard InChI is InChI=1S/C14H12O7S.K.H/c1-20-13(15)10-5-3-4-8-6-9(22(17,18)19)7-11(12(8)10)14(16)21-2;;/h3-7H,1-2H3,(H,17,18,19);;/q;+1;-1. The molecule has 0 aromatic heterocycles. The van der Waals surface area contributed by atoms with Gasteiger partial charge in [0.2, 0.25) is 0 Å². The Balaban J connectivity index is 0.00000264. The predicted molar refractivity (Wildman–Crippen MR) is 77.6 cm³/mol. The third-order valence-corrected chi connectivity index (χ3v) is 3.89. The molecule has 0 fully saturated rings. The Morgan fingerprint density at radius 2 is 1.61 bits per heavy atom. The average Bonchev–Trinajstić information content (AvgIpc) is 2.50. The Bertz CT molecular complexity index is 880. The van der Waals surface area contributed by atoms with Gasteiger partial charge in [-0.1, -0.05) is 12.1 Å². The molecule has 0 aliphatic heterocycles. The van der Waals surface area contributed by atoms with Gasteiger partial charge in [-0.25, -0.2) is 9.59 Å². The number of rotatable bonds is 3. The minimum atomic E-state index is -4.52. The molecule has 7 nitrogen and oxygen atoms in total. The smallest absolute Gasteiger partial charge is 1.00 e. The molecule has 9 heteroatoms. The zero-order valence-electron chi connectivity index (χ0n) is 13.7. The number of ether oxygens (including phenoxy) is 2. The number of carbonyl (C=O) groups excluding carboxylic acids is 2. The van der Waals surface area contributed by atoms with Gasteiger partial charge in [0.05, 0.1) is 30.2 Å². The van der Waals surface area contributed by atoms with E-state index in [4.69, 9.17) is 0 Å². The van der Waals surface area contributed by atoms with Gasteiger partial charge >= 0.3 is 63.3 Å². The Hall–Kier alpha value is -0.814. The van der Waals surface area contributed by atoms with Crippen LogP contribution in [0.5, 0.6) is 0 Å². The molecule has 118 valence electrons. The molecule has 2 rings (SSSR count). The first-order valence-electron chi connectivity index (χ1n) is 6.00. The summed E-state index contributed by atoms with van der Waals surface area (Å²) >= 11 is 0. The first kappa shape index (κ1) is 20.2. The van der Waals surface area contributed by atoms with Gasteiger partial charge in [-0.05, 0) is 23.6 Å². The molecule has 0 saturated heterocycles. The molecule has 23 heavy (non-hydrogen) atoms. The van der Waals surface area contributed by atoms with Crippen LogP contribution >= 0.6 is 0 Å². The number of carbonyl (C=O) groups is 2.